The molecule has 0 bridgehead atoms. The van der Waals surface area contributed by atoms with Crippen molar-refractivity contribution in [2.45, 2.75) is 12.1 Å². The van der Waals surface area contributed by atoms with E-state index < -0.39 is 17.3 Å². The van der Waals surface area contributed by atoms with Crippen LogP contribution in [0.3, 0.4) is 0 Å². The van der Waals surface area contributed by atoms with E-state index in [2.05, 4.69) is 4.98 Å². The summed E-state index contributed by atoms with van der Waals surface area (Å²) in [5, 5.41) is 2.21. The Kier molecular flexibility index (Phi) is 4.51. The Morgan fingerprint density at radius 3 is 2.38 bits per heavy atom. The molecule has 1 heterocycles. The second-order valence-electron chi connectivity index (χ2n) is 5.30. The van der Waals surface area contributed by atoms with Gasteiger partial charge in [-0.3, -0.25) is 0 Å². The average molecular weight is 369 g/mol. The van der Waals surface area contributed by atoms with Crippen molar-refractivity contribution in [3.8, 4) is 0 Å². The number of nitrogens with two attached hydrogens (primary N) is 1. The molecule has 2 nitrogen and oxygen atoms in total. The number of hydrogen-bond acceptors (Lipinski definition) is 3. The molecule has 0 aliphatic heterocycles. The second-order valence-corrected chi connectivity index (χ2v) is 6.63. The van der Waals surface area contributed by atoms with Gasteiger partial charge in [-0.15, -0.1) is 11.3 Å². The molecule has 0 spiro atoms. The zero-order valence-corrected chi connectivity index (χ0v) is 13.8. The van der Waals surface area contributed by atoms with E-state index in [-0.39, 0.29) is 17.2 Å². The van der Waals surface area contributed by atoms with Gasteiger partial charge in [0.25, 0.3) is 0 Å². The number of hydrogen-bond donors (Lipinski definition) is 1. The molecule has 0 radical (unpaired) electrons. The molecule has 2 N–H and O–H groups in total. The van der Waals surface area contributed by atoms with E-state index in [1.807, 2.05) is 0 Å². The Labute approximate surface area is 145 Å². The Bertz CT molecular complexity index is 867. The predicted molar refractivity (Wildman–Crippen MR) is 89.9 cm³/mol. The first kappa shape index (κ1) is 16.8. The van der Waals surface area contributed by atoms with Crippen molar-refractivity contribution in [1.82, 2.24) is 4.98 Å². The van der Waals surface area contributed by atoms with Gasteiger partial charge in [0, 0.05) is 16.8 Å². The zero-order chi connectivity index (χ0) is 17.3. The average Bonchev–Trinajstić information content (AvgIpc) is 2.99. The van der Waals surface area contributed by atoms with E-state index in [1.165, 1.54) is 23.6 Å². The fourth-order valence-electron chi connectivity index (χ4n) is 2.46. The summed E-state index contributed by atoms with van der Waals surface area (Å²) in [6.07, 6.45) is -0.213. The molecule has 24 heavy (non-hydrogen) atoms. The summed E-state index contributed by atoms with van der Waals surface area (Å²) in [5.41, 5.74) is 4.32. The lowest BCUT2D eigenvalue weighted by Crippen LogP contribution is -2.25. The second kappa shape index (κ2) is 6.45. The first-order valence-corrected chi connectivity index (χ1v) is 8.24. The highest BCUT2D eigenvalue weighted by Gasteiger charge is 2.37. The Morgan fingerprint density at radius 1 is 1.08 bits per heavy atom. The summed E-state index contributed by atoms with van der Waals surface area (Å²) in [6, 6.07) is 9.50. The minimum Gasteiger partial charge on any atom is -0.375 e. The maximum absolute atomic E-state index is 15.9. The van der Waals surface area contributed by atoms with Gasteiger partial charge >= 0.3 is 0 Å². The van der Waals surface area contributed by atoms with Crippen molar-refractivity contribution in [2.75, 3.05) is 5.73 Å². The Balaban J connectivity index is 2.07. The minimum absolute atomic E-state index is 0.122. The number of nitrogen functional groups attached to an aromatic ring is 1. The van der Waals surface area contributed by atoms with E-state index in [1.54, 1.807) is 12.1 Å². The first-order valence-electron chi connectivity index (χ1n) is 6.99. The van der Waals surface area contributed by atoms with Gasteiger partial charge in [-0.05, 0) is 35.4 Å². The molecule has 1 unspecified atom stereocenters. The molecular formula is C17H12ClF3N2S. The lowest BCUT2D eigenvalue weighted by Gasteiger charge is -2.24. The highest BCUT2D eigenvalue weighted by molar-refractivity contribution is 7.13. The molecule has 3 aromatic rings. The van der Waals surface area contributed by atoms with Crippen molar-refractivity contribution in [2.24, 2.45) is 0 Å². The summed E-state index contributed by atoms with van der Waals surface area (Å²) in [6.45, 7) is 0. The number of alkyl halides is 1. The number of rotatable bonds is 4. The Morgan fingerprint density at radius 2 is 1.79 bits per heavy atom. The largest absolute Gasteiger partial charge is 0.375 e. The molecule has 1 atom stereocenters. The van der Waals surface area contributed by atoms with Crippen LogP contribution >= 0.6 is 22.9 Å². The van der Waals surface area contributed by atoms with Gasteiger partial charge in [0.05, 0.1) is 5.69 Å². The fraction of sp³-hybridized carbons (Fsp3) is 0.118. The molecule has 0 aliphatic rings. The molecule has 0 saturated heterocycles. The van der Waals surface area contributed by atoms with E-state index in [0.29, 0.717) is 16.1 Å². The number of halogens is 4. The normalized spacial score (nSPS) is 13.7. The van der Waals surface area contributed by atoms with Crippen LogP contribution in [0, 0.1) is 11.6 Å². The summed E-state index contributed by atoms with van der Waals surface area (Å²) in [5.74, 6) is -2.00. The van der Waals surface area contributed by atoms with Crippen LogP contribution in [0.25, 0.3) is 0 Å². The molecule has 2 aromatic carbocycles. The van der Waals surface area contributed by atoms with Crippen LogP contribution in [0.15, 0.2) is 47.8 Å². The van der Waals surface area contributed by atoms with Crippen LogP contribution in [0.2, 0.25) is 5.02 Å². The van der Waals surface area contributed by atoms with Crippen LogP contribution in [0.4, 0.5) is 18.3 Å². The van der Waals surface area contributed by atoms with Gasteiger partial charge in [-0.25, -0.2) is 18.2 Å². The smallest absolute Gasteiger partial charge is 0.182 e. The fourth-order valence-corrected chi connectivity index (χ4v) is 3.20. The van der Waals surface area contributed by atoms with E-state index in [0.717, 1.165) is 23.5 Å². The van der Waals surface area contributed by atoms with Crippen LogP contribution in [-0.4, -0.2) is 4.98 Å². The number of aromatic nitrogens is 1. The molecular weight excluding hydrogens is 357 g/mol. The molecule has 3 rings (SSSR count). The molecule has 0 amide bonds. The third-order valence-corrected chi connectivity index (χ3v) is 4.59. The molecule has 7 heteroatoms. The van der Waals surface area contributed by atoms with E-state index in [4.69, 9.17) is 17.3 Å². The topological polar surface area (TPSA) is 38.9 Å². The minimum atomic E-state index is -2.04. The Hall–Kier alpha value is -2.05. The SMILES string of the molecule is Nc1nc(C(F)(Cc2ccc(F)c(F)c2)c2ccc(Cl)cc2)cs1. The lowest BCUT2D eigenvalue weighted by molar-refractivity contribution is 0.215. The van der Waals surface area contributed by atoms with Crippen LogP contribution in [0.1, 0.15) is 16.8 Å². The maximum atomic E-state index is 15.9. The van der Waals surface area contributed by atoms with Crippen LogP contribution in [-0.2, 0) is 12.1 Å². The summed E-state index contributed by atoms with van der Waals surface area (Å²) in [7, 11) is 0. The zero-order valence-electron chi connectivity index (χ0n) is 12.3. The van der Waals surface area contributed by atoms with Crippen LogP contribution in [0.5, 0.6) is 0 Å². The third-order valence-electron chi connectivity index (χ3n) is 3.66. The number of anilines is 1. The predicted octanol–water partition coefficient (Wildman–Crippen LogP) is 5.11. The molecule has 0 fully saturated rings. The van der Waals surface area contributed by atoms with Crippen LogP contribution < -0.4 is 5.73 Å². The van der Waals surface area contributed by atoms with Gasteiger partial charge in [-0.1, -0.05) is 29.8 Å². The standard InChI is InChI=1S/C17H12ClF3N2S/c18-12-4-2-11(3-5-12)17(21,15-9-24-16(22)23-15)8-10-1-6-13(19)14(20)7-10/h1-7,9H,8H2,(H2,22,23). The first-order chi connectivity index (χ1) is 11.4. The van der Waals surface area contributed by atoms with Gasteiger partial charge in [0.1, 0.15) is 0 Å². The summed E-state index contributed by atoms with van der Waals surface area (Å²) >= 11 is 6.97. The number of benzene rings is 2. The van der Waals surface area contributed by atoms with Gasteiger partial charge in [0.15, 0.2) is 22.4 Å². The van der Waals surface area contributed by atoms with Gasteiger partial charge in [-0.2, -0.15) is 0 Å². The highest BCUT2D eigenvalue weighted by Crippen LogP contribution is 2.39. The van der Waals surface area contributed by atoms with Gasteiger partial charge < -0.3 is 5.73 Å². The lowest BCUT2D eigenvalue weighted by atomic mass is 9.86. The van der Waals surface area contributed by atoms with Crippen molar-refractivity contribution < 1.29 is 13.2 Å². The molecule has 1 aromatic heterocycles. The quantitative estimate of drug-likeness (QED) is 0.694. The summed E-state index contributed by atoms with van der Waals surface area (Å²) in [4.78, 5) is 4.04. The van der Waals surface area contributed by atoms with Crippen molar-refractivity contribution >= 4 is 28.1 Å². The van der Waals surface area contributed by atoms with Crippen molar-refractivity contribution in [3.63, 3.8) is 0 Å². The third kappa shape index (κ3) is 3.25. The number of thiazole rings is 1. The highest BCUT2D eigenvalue weighted by atomic mass is 35.5. The van der Waals surface area contributed by atoms with Gasteiger partial charge in [0.2, 0.25) is 0 Å². The molecule has 0 aliphatic carbocycles. The van der Waals surface area contributed by atoms with E-state index >= 15 is 4.39 Å². The maximum Gasteiger partial charge on any atom is 0.182 e. The van der Waals surface area contributed by atoms with Crippen molar-refractivity contribution in [1.29, 1.82) is 0 Å². The summed E-state index contributed by atoms with van der Waals surface area (Å²) < 4.78 is 42.5. The molecule has 124 valence electrons. The number of nitrogens with zero attached hydrogens (tertiary/aromatic N) is 1. The van der Waals surface area contributed by atoms with E-state index in [9.17, 15) is 8.78 Å². The monoisotopic (exact) mass is 368 g/mol. The molecule has 0 saturated carbocycles. The van der Waals surface area contributed by atoms with Crippen molar-refractivity contribution in [3.05, 3.63) is 81.3 Å².